The van der Waals surface area contributed by atoms with Gasteiger partial charge in [-0.05, 0) is 38.2 Å². The molecule has 4 atom stereocenters. The summed E-state index contributed by atoms with van der Waals surface area (Å²) in [5, 5.41) is 3.00. The van der Waals surface area contributed by atoms with E-state index in [1.54, 1.807) is 6.07 Å². The predicted molar refractivity (Wildman–Crippen MR) is 94.7 cm³/mol. The fourth-order valence-corrected chi connectivity index (χ4v) is 4.48. The quantitative estimate of drug-likeness (QED) is 0.749. The van der Waals surface area contributed by atoms with Crippen molar-refractivity contribution < 1.29 is 17.9 Å². The first kappa shape index (κ1) is 18.3. The molecule has 138 valence electrons. The number of carbonyl (C=O) groups excluding carboxylic acids is 1. The second-order valence-corrected chi connectivity index (χ2v) is 8.92. The molecule has 0 unspecified atom stereocenters. The van der Waals surface area contributed by atoms with Crippen LogP contribution in [-0.2, 0) is 21.3 Å². The van der Waals surface area contributed by atoms with E-state index in [0.717, 1.165) is 24.8 Å². The van der Waals surface area contributed by atoms with Crippen molar-refractivity contribution in [1.29, 1.82) is 0 Å². The van der Waals surface area contributed by atoms with Crippen LogP contribution in [0.1, 0.15) is 22.3 Å². The van der Waals surface area contributed by atoms with Gasteiger partial charge in [0, 0.05) is 24.6 Å². The van der Waals surface area contributed by atoms with Gasteiger partial charge in [-0.2, -0.15) is 0 Å². The summed E-state index contributed by atoms with van der Waals surface area (Å²) in [4.78, 5) is 14.7. The Kier molecular flexibility index (Phi) is 5.15. The molecular weight excluding hydrogens is 342 g/mol. The van der Waals surface area contributed by atoms with Gasteiger partial charge in [0.05, 0.1) is 24.4 Å². The molecule has 0 spiro atoms. The van der Waals surface area contributed by atoms with E-state index < -0.39 is 16.1 Å². The molecular formula is C17H25N3O4S. The lowest BCUT2D eigenvalue weighted by Gasteiger charge is -2.47. The highest BCUT2D eigenvalue weighted by Gasteiger charge is 2.55. The second-order valence-electron chi connectivity index (χ2n) is 7.14. The maximum atomic E-state index is 12.6. The highest BCUT2D eigenvalue weighted by Crippen LogP contribution is 2.39. The molecule has 1 amide bonds. The molecule has 1 aliphatic carbocycles. The van der Waals surface area contributed by atoms with Gasteiger partial charge in [-0.3, -0.25) is 4.79 Å². The van der Waals surface area contributed by atoms with Crippen LogP contribution in [0.15, 0.2) is 24.3 Å². The molecule has 1 aromatic carbocycles. The number of fused-ring (bicyclic) bond motifs is 1. The number of ether oxygens (including phenoxy) is 1. The van der Waals surface area contributed by atoms with Crippen molar-refractivity contribution in [3.63, 3.8) is 0 Å². The van der Waals surface area contributed by atoms with Crippen molar-refractivity contribution in [2.24, 2.45) is 5.92 Å². The summed E-state index contributed by atoms with van der Waals surface area (Å²) < 4.78 is 31.4. The molecule has 1 aromatic rings. The molecule has 0 bridgehead atoms. The smallest absolute Gasteiger partial charge is 0.251 e. The van der Waals surface area contributed by atoms with Crippen molar-refractivity contribution in [2.75, 3.05) is 27.0 Å². The number of rotatable bonds is 6. The number of hydrogen-bond donors (Lipinski definition) is 2. The normalized spacial score (nSPS) is 28.5. The fraction of sp³-hybridized carbons (Fsp3) is 0.588. The molecule has 7 nitrogen and oxygen atoms in total. The molecule has 0 aromatic heterocycles. The molecule has 1 saturated carbocycles. The van der Waals surface area contributed by atoms with E-state index in [0.29, 0.717) is 12.2 Å². The average Bonchev–Trinajstić information content (AvgIpc) is 2.94. The van der Waals surface area contributed by atoms with Crippen LogP contribution in [0.4, 0.5) is 0 Å². The van der Waals surface area contributed by atoms with Crippen LogP contribution in [0.3, 0.4) is 0 Å². The first-order chi connectivity index (χ1) is 11.7. The standard InChI is InChI=1S/C17H25N3O4S/c1-20(2)10-11-5-4-6-12(9-11)17(21)18-14-13-7-8-24-16(13)15(14)19-25(3,22)23/h4-6,9,13-16,19H,7-8,10H2,1-3H3,(H,18,21)/t13-,14+,15-,16-/m1/s1. The molecule has 1 aliphatic heterocycles. The minimum Gasteiger partial charge on any atom is -0.376 e. The van der Waals surface area contributed by atoms with E-state index in [9.17, 15) is 13.2 Å². The molecule has 2 aliphatic rings. The van der Waals surface area contributed by atoms with Crippen molar-refractivity contribution in [3.8, 4) is 0 Å². The fourth-order valence-electron chi connectivity index (χ4n) is 3.70. The van der Waals surface area contributed by atoms with Gasteiger partial charge in [0.1, 0.15) is 0 Å². The summed E-state index contributed by atoms with van der Waals surface area (Å²) in [6.45, 7) is 1.35. The number of amides is 1. The van der Waals surface area contributed by atoms with E-state index in [-0.39, 0.29) is 24.0 Å². The number of nitrogens with one attached hydrogen (secondary N) is 2. The highest BCUT2D eigenvalue weighted by molar-refractivity contribution is 7.88. The average molecular weight is 367 g/mol. The number of carbonyl (C=O) groups is 1. The Hall–Kier alpha value is -1.48. The Labute approximate surface area is 148 Å². The van der Waals surface area contributed by atoms with Crippen molar-refractivity contribution in [1.82, 2.24) is 14.9 Å². The van der Waals surface area contributed by atoms with E-state index >= 15 is 0 Å². The van der Waals surface area contributed by atoms with Gasteiger partial charge in [-0.25, -0.2) is 13.1 Å². The molecule has 2 N–H and O–H groups in total. The topological polar surface area (TPSA) is 87.7 Å². The third kappa shape index (κ3) is 4.20. The van der Waals surface area contributed by atoms with Gasteiger partial charge < -0.3 is 15.0 Å². The van der Waals surface area contributed by atoms with Crippen LogP contribution in [0.25, 0.3) is 0 Å². The van der Waals surface area contributed by atoms with Gasteiger partial charge in [0.2, 0.25) is 10.0 Å². The zero-order valence-corrected chi connectivity index (χ0v) is 15.5. The molecule has 8 heteroatoms. The van der Waals surface area contributed by atoms with E-state index in [4.69, 9.17) is 4.74 Å². The molecule has 2 fully saturated rings. The minimum absolute atomic E-state index is 0.153. The van der Waals surface area contributed by atoms with Crippen molar-refractivity contribution >= 4 is 15.9 Å². The Morgan fingerprint density at radius 2 is 2.08 bits per heavy atom. The predicted octanol–water partition coefficient (Wildman–Crippen LogP) is 0.183. The van der Waals surface area contributed by atoms with E-state index in [2.05, 4.69) is 10.0 Å². The molecule has 25 heavy (non-hydrogen) atoms. The maximum absolute atomic E-state index is 12.6. The van der Waals surface area contributed by atoms with E-state index in [1.807, 2.05) is 37.2 Å². The number of nitrogens with zero attached hydrogens (tertiary/aromatic N) is 1. The second kappa shape index (κ2) is 7.03. The summed E-state index contributed by atoms with van der Waals surface area (Å²) in [5.74, 6) is -0.0237. The van der Waals surface area contributed by atoms with Crippen molar-refractivity contribution in [3.05, 3.63) is 35.4 Å². The maximum Gasteiger partial charge on any atom is 0.251 e. The van der Waals surface area contributed by atoms with Crippen LogP contribution >= 0.6 is 0 Å². The zero-order chi connectivity index (χ0) is 18.2. The van der Waals surface area contributed by atoms with Crippen LogP contribution in [0.5, 0.6) is 0 Å². The summed E-state index contributed by atoms with van der Waals surface area (Å²) in [5.41, 5.74) is 1.64. The molecule has 3 rings (SSSR count). The van der Waals surface area contributed by atoms with Crippen molar-refractivity contribution in [2.45, 2.75) is 31.2 Å². The van der Waals surface area contributed by atoms with Gasteiger partial charge in [-0.1, -0.05) is 12.1 Å². The zero-order valence-electron chi connectivity index (χ0n) is 14.7. The first-order valence-electron chi connectivity index (χ1n) is 8.38. The highest BCUT2D eigenvalue weighted by atomic mass is 32.2. The number of sulfonamides is 1. The summed E-state index contributed by atoms with van der Waals surface area (Å²) in [6, 6.07) is 6.84. The Morgan fingerprint density at radius 3 is 2.76 bits per heavy atom. The molecule has 1 heterocycles. The Balaban J connectivity index is 1.71. The van der Waals surface area contributed by atoms with Gasteiger partial charge >= 0.3 is 0 Å². The number of hydrogen-bond acceptors (Lipinski definition) is 5. The third-order valence-corrected chi connectivity index (χ3v) is 5.42. The number of benzene rings is 1. The van der Waals surface area contributed by atoms with Gasteiger partial charge in [-0.15, -0.1) is 0 Å². The largest absolute Gasteiger partial charge is 0.376 e. The lowest BCUT2D eigenvalue weighted by molar-refractivity contribution is -0.0194. The summed E-state index contributed by atoms with van der Waals surface area (Å²) in [6.07, 6.45) is 1.80. The minimum atomic E-state index is -3.36. The lowest BCUT2D eigenvalue weighted by atomic mass is 9.72. The SMILES string of the molecule is CN(C)Cc1cccc(C(=O)N[C@H]2[C@H]3CCO[C@H]3[C@@H]2NS(C)(=O)=O)c1. The van der Waals surface area contributed by atoms with Gasteiger partial charge in [0.25, 0.3) is 5.91 Å². The van der Waals surface area contributed by atoms with Crippen LogP contribution in [-0.4, -0.2) is 64.4 Å². The first-order valence-corrected chi connectivity index (χ1v) is 10.3. The van der Waals surface area contributed by atoms with Gasteiger partial charge in [0.15, 0.2) is 0 Å². The third-order valence-electron chi connectivity index (χ3n) is 4.72. The van der Waals surface area contributed by atoms with Crippen LogP contribution < -0.4 is 10.0 Å². The van der Waals surface area contributed by atoms with Crippen LogP contribution in [0.2, 0.25) is 0 Å². The summed E-state index contributed by atoms with van der Waals surface area (Å²) in [7, 11) is 0.587. The molecule has 1 saturated heterocycles. The molecule has 0 radical (unpaired) electrons. The van der Waals surface area contributed by atoms with Crippen LogP contribution in [0, 0.1) is 5.92 Å². The monoisotopic (exact) mass is 367 g/mol. The Morgan fingerprint density at radius 1 is 1.32 bits per heavy atom. The Bertz CT molecular complexity index is 750. The summed E-state index contributed by atoms with van der Waals surface area (Å²) >= 11 is 0. The van der Waals surface area contributed by atoms with E-state index in [1.165, 1.54) is 0 Å². The lowest BCUT2D eigenvalue weighted by Crippen LogP contribution is -2.70.